The fraction of sp³-hybridized carbons (Fsp3) is 0.300. The first-order valence-electron chi connectivity index (χ1n) is 8.52. The molecule has 7 heteroatoms. The Balaban J connectivity index is 1.66. The Kier molecular flexibility index (Phi) is 6.32. The number of amides is 1. The number of carbonyl (C=O) groups is 2. The zero-order valence-electron chi connectivity index (χ0n) is 14.9. The number of ether oxygens (including phenoxy) is 3. The zero-order valence-corrected chi connectivity index (χ0v) is 15.6. The van der Waals surface area contributed by atoms with Crippen molar-refractivity contribution in [1.82, 2.24) is 5.32 Å². The highest BCUT2D eigenvalue weighted by Crippen LogP contribution is 2.32. The second-order valence-electron chi connectivity index (χ2n) is 6.19. The molecule has 142 valence electrons. The summed E-state index contributed by atoms with van der Waals surface area (Å²) in [5.74, 6) is -0.00716. The predicted molar refractivity (Wildman–Crippen MR) is 99.1 cm³/mol. The van der Waals surface area contributed by atoms with Crippen LogP contribution in [0, 0.1) is 0 Å². The quantitative estimate of drug-likeness (QED) is 0.765. The Morgan fingerprint density at radius 1 is 1.26 bits per heavy atom. The summed E-state index contributed by atoms with van der Waals surface area (Å²) in [6.45, 7) is 1.99. The Morgan fingerprint density at radius 2 is 2.04 bits per heavy atom. The van der Waals surface area contributed by atoms with E-state index in [9.17, 15) is 9.59 Å². The van der Waals surface area contributed by atoms with Crippen LogP contribution >= 0.6 is 11.6 Å². The third-order valence-electron chi connectivity index (χ3n) is 4.09. The van der Waals surface area contributed by atoms with Gasteiger partial charge >= 0.3 is 5.97 Å². The minimum absolute atomic E-state index is 0.0241. The van der Waals surface area contributed by atoms with Crippen LogP contribution in [0.25, 0.3) is 0 Å². The van der Waals surface area contributed by atoms with Crippen LogP contribution in [0.5, 0.6) is 5.75 Å². The Hall–Kier alpha value is -2.57. The van der Waals surface area contributed by atoms with Gasteiger partial charge in [0.25, 0.3) is 0 Å². The monoisotopic (exact) mass is 389 g/mol. The minimum Gasteiger partial charge on any atom is -0.467 e. The van der Waals surface area contributed by atoms with E-state index < -0.39 is 12.0 Å². The van der Waals surface area contributed by atoms with Crippen LogP contribution in [0.4, 0.5) is 0 Å². The normalized spacial score (nSPS) is 13.9. The average molecular weight is 390 g/mol. The number of nitrogens with one attached hydrogen (secondary N) is 1. The molecule has 6 nitrogen and oxygen atoms in total. The van der Waals surface area contributed by atoms with Gasteiger partial charge in [-0.3, -0.25) is 9.59 Å². The molecule has 1 heterocycles. The summed E-state index contributed by atoms with van der Waals surface area (Å²) in [4.78, 5) is 23.8. The maximum Gasteiger partial charge on any atom is 0.308 e. The van der Waals surface area contributed by atoms with Gasteiger partial charge in [0.15, 0.2) is 6.79 Å². The van der Waals surface area contributed by atoms with E-state index in [-0.39, 0.29) is 25.7 Å². The molecule has 1 aliphatic heterocycles. The SMILES string of the molecule is CC(=O)NC(CC(=O)OCc1cc(Cl)cc2c1OCOC2)c1ccccc1. The van der Waals surface area contributed by atoms with Crippen molar-refractivity contribution in [3.63, 3.8) is 0 Å². The molecule has 1 unspecified atom stereocenters. The molecule has 27 heavy (non-hydrogen) atoms. The van der Waals surface area contributed by atoms with Gasteiger partial charge in [-0.05, 0) is 17.7 Å². The first kappa shape index (κ1) is 19.2. The van der Waals surface area contributed by atoms with Crippen LogP contribution in [-0.4, -0.2) is 18.7 Å². The number of benzene rings is 2. The van der Waals surface area contributed by atoms with Crippen LogP contribution in [0.2, 0.25) is 5.02 Å². The Morgan fingerprint density at radius 3 is 2.78 bits per heavy atom. The summed E-state index contributed by atoms with van der Waals surface area (Å²) in [6, 6.07) is 12.3. The molecule has 0 saturated carbocycles. The van der Waals surface area contributed by atoms with Crippen molar-refractivity contribution in [3.05, 3.63) is 64.2 Å². The maximum absolute atomic E-state index is 12.4. The van der Waals surface area contributed by atoms with Crippen molar-refractivity contribution in [2.45, 2.75) is 32.6 Å². The van der Waals surface area contributed by atoms with Crippen molar-refractivity contribution in [2.24, 2.45) is 0 Å². The highest BCUT2D eigenvalue weighted by Gasteiger charge is 2.20. The van der Waals surface area contributed by atoms with Crippen LogP contribution in [0.3, 0.4) is 0 Å². The van der Waals surface area contributed by atoms with E-state index in [0.717, 1.165) is 11.1 Å². The van der Waals surface area contributed by atoms with Gasteiger partial charge in [0.05, 0.1) is 19.1 Å². The zero-order chi connectivity index (χ0) is 19.2. The molecule has 0 bridgehead atoms. The molecule has 1 amide bonds. The van der Waals surface area contributed by atoms with Gasteiger partial charge in [-0.25, -0.2) is 0 Å². The summed E-state index contributed by atoms with van der Waals surface area (Å²) < 4.78 is 16.2. The lowest BCUT2D eigenvalue weighted by Gasteiger charge is -2.21. The van der Waals surface area contributed by atoms with Gasteiger partial charge in [0, 0.05) is 23.1 Å². The van der Waals surface area contributed by atoms with Gasteiger partial charge in [0.2, 0.25) is 5.91 Å². The van der Waals surface area contributed by atoms with E-state index in [1.54, 1.807) is 12.1 Å². The molecule has 0 saturated heterocycles. The summed E-state index contributed by atoms with van der Waals surface area (Å²) in [5, 5.41) is 3.30. The van der Waals surface area contributed by atoms with E-state index in [0.29, 0.717) is 22.9 Å². The topological polar surface area (TPSA) is 73.9 Å². The Bertz CT molecular complexity index is 825. The van der Waals surface area contributed by atoms with Gasteiger partial charge in [-0.15, -0.1) is 0 Å². The molecule has 0 aliphatic carbocycles. The molecule has 2 aromatic rings. The second-order valence-corrected chi connectivity index (χ2v) is 6.63. The third kappa shape index (κ3) is 5.21. The predicted octanol–water partition coefficient (Wildman–Crippen LogP) is 3.52. The van der Waals surface area contributed by atoms with Gasteiger partial charge in [-0.2, -0.15) is 0 Å². The highest BCUT2D eigenvalue weighted by atomic mass is 35.5. The van der Waals surface area contributed by atoms with Crippen LogP contribution in [-0.2, 0) is 32.3 Å². The molecule has 1 atom stereocenters. The molecule has 0 aromatic heterocycles. The molecule has 0 spiro atoms. The van der Waals surface area contributed by atoms with E-state index >= 15 is 0 Å². The smallest absolute Gasteiger partial charge is 0.308 e. The number of carbonyl (C=O) groups excluding carboxylic acids is 2. The molecule has 0 fully saturated rings. The molecule has 1 N–H and O–H groups in total. The lowest BCUT2D eigenvalue weighted by atomic mass is 10.0. The average Bonchev–Trinajstić information content (AvgIpc) is 2.66. The van der Waals surface area contributed by atoms with Gasteiger partial charge in [-0.1, -0.05) is 41.9 Å². The van der Waals surface area contributed by atoms with Crippen LogP contribution in [0.1, 0.15) is 36.1 Å². The minimum atomic E-state index is -0.450. The first-order chi connectivity index (χ1) is 13.0. The summed E-state index contributed by atoms with van der Waals surface area (Å²) in [6.07, 6.45) is 0.0241. The highest BCUT2D eigenvalue weighted by molar-refractivity contribution is 6.30. The number of fused-ring (bicyclic) bond motifs is 1. The molecule has 1 aliphatic rings. The number of hydrogen-bond donors (Lipinski definition) is 1. The lowest BCUT2D eigenvalue weighted by Crippen LogP contribution is -2.28. The number of rotatable bonds is 6. The maximum atomic E-state index is 12.4. The van der Waals surface area contributed by atoms with Crippen molar-refractivity contribution >= 4 is 23.5 Å². The molecule has 0 radical (unpaired) electrons. The Labute approximate surface area is 162 Å². The first-order valence-corrected chi connectivity index (χ1v) is 8.90. The molecule has 3 rings (SSSR count). The largest absolute Gasteiger partial charge is 0.467 e. The van der Waals surface area contributed by atoms with Crippen LogP contribution < -0.4 is 10.1 Å². The number of halogens is 1. The van der Waals surface area contributed by atoms with Crippen molar-refractivity contribution in [2.75, 3.05) is 6.79 Å². The van der Waals surface area contributed by atoms with Gasteiger partial charge in [0.1, 0.15) is 12.4 Å². The molecular formula is C20H20ClNO5. The van der Waals surface area contributed by atoms with E-state index in [1.165, 1.54) is 6.92 Å². The van der Waals surface area contributed by atoms with Gasteiger partial charge < -0.3 is 19.5 Å². The van der Waals surface area contributed by atoms with E-state index in [1.807, 2.05) is 30.3 Å². The summed E-state index contributed by atoms with van der Waals surface area (Å²) in [7, 11) is 0. The van der Waals surface area contributed by atoms with Crippen molar-refractivity contribution in [3.8, 4) is 5.75 Å². The molecular weight excluding hydrogens is 370 g/mol. The lowest BCUT2D eigenvalue weighted by molar-refractivity contribution is -0.145. The van der Waals surface area contributed by atoms with Crippen molar-refractivity contribution < 1.29 is 23.8 Å². The summed E-state index contributed by atoms with van der Waals surface area (Å²) >= 11 is 6.12. The fourth-order valence-corrected chi connectivity index (χ4v) is 3.19. The molecule has 2 aromatic carbocycles. The number of esters is 1. The standard InChI is InChI=1S/C20H20ClNO5/c1-13(23)22-18(14-5-3-2-4-6-14)9-19(24)26-11-16-8-17(21)7-15-10-25-12-27-20(15)16/h2-8,18H,9-12H2,1H3,(H,22,23). The van der Waals surface area contributed by atoms with Crippen LogP contribution in [0.15, 0.2) is 42.5 Å². The van der Waals surface area contributed by atoms with Crippen molar-refractivity contribution in [1.29, 1.82) is 0 Å². The summed E-state index contributed by atoms with van der Waals surface area (Å²) in [5.41, 5.74) is 2.34. The second kappa shape index (κ2) is 8.88. The van der Waals surface area contributed by atoms with E-state index in [4.69, 9.17) is 25.8 Å². The van der Waals surface area contributed by atoms with E-state index in [2.05, 4.69) is 5.32 Å². The fourth-order valence-electron chi connectivity index (χ4n) is 2.93. The number of hydrogen-bond acceptors (Lipinski definition) is 5. The third-order valence-corrected chi connectivity index (χ3v) is 4.31.